The topological polar surface area (TPSA) is 45.7 Å². The monoisotopic (exact) mass is 389 g/mol. The highest BCUT2D eigenvalue weighted by molar-refractivity contribution is 6.34. The first-order valence-electron chi connectivity index (χ1n) is 9.60. The number of rotatable bonds is 6. The minimum Gasteiger partial charge on any atom is -0.494 e. The molecule has 27 heavy (non-hydrogen) atoms. The lowest BCUT2D eigenvalue weighted by atomic mass is 9.93. The number of fused-ring (bicyclic) bond motifs is 1. The van der Waals surface area contributed by atoms with Gasteiger partial charge >= 0.3 is 0 Å². The predicted octanol–water partition coefficient (Wildman–Crippen LogP) is 4.23. The first-order chi connectivity index (χ1) is 13.0. The van der Waals surface area contributed by atoms with E-state index in [2.05, 4.69) is 9.88 Å². The average molecular weight is 390 g/mol. The van der Waals surface area contributed by atoms with Crippen molar-refractivity contribution in [2.24, 2.45) is 0 Å². The molecule has 0 spiro atoms. The largest absolute Gasteiger partial charge is 0.494 e. The molecule has 5 nitrogen and oxygen atoms in total. The maximum Gasteiger partial charge on any atom is 0.256 e. The highest BCUT2D eigenvalue weighted by atomic mass is 35.5. The summed E-state index contributed by atoms with van der Waals surface area (Å²) in [7, 11) is 5.65. The van der Waals surface area contributed by atoms with Crippen molar-refractivity contribution in [2.45, 2.75) is 38.1 Å². The number of hydrogen-bond donors (Lipinski definition) is 0. The molecule has 0 saturated heterocycles. The van der Waals surface area contributed by atoms with Gasteiger partial charge in [-0.2, -0.15) is 0 Å². The quantitative estimate of drug-likeness (QED) is 0.741. The molecular formula is C21H28ClN3O2. The second-order valence-electron chi connectivity index (χ2n) is 7.43. The van der Waals surface area contributed by atoms with Gasteiger partial charge in [0.15, 0.2) is 0 Å². The van der Waals surface area contributed by atoms with Crippen LogP contribution in [0.25, 0.3) is 10.9 Å². The molecule has 0 bridgehead atoms. The van der Waals surface area contributed by atoms with Crippen molar-refractivity contribution in [1.82, 2.24) is 14.8 Å². The molecule has 0 radical (unpaired) electrons. The van der Waals surface area contributed by atoms with E-state index in [4.69, 9.17) is 16.3 Å². The van der Waals surface area contributed by atoms with E-state index in [1.807, 2.05) is 31.1 Å². The third kappa shape index (κ3) is 4.36. The summed E-state index contributed by atoms with van der Waals surface area (Å²) in [6.07, 6.45) is 7.45. The highest BCUT2D eigenvalue weighted by Gasteiger charge is 2.28. The van der Waals surface area contributed by atoms with Crippen molar-refractivity contribution in [1.29, 1.82) is 0 Å². The Bertz CT molecular complexity index is 803. The maximum atomic E-state index is 13.6. The van der Waals surface area contributed by atoms with Crippen LogP contribution in [0, 0.1) is 0 Å². The number of likely N-dealkylation sites (N-methyl/N-ethyl adjacent to an activating group) is 1. The minimum atomic E-state index is 0.0111. The lowest BCUT2D eigenvalue weighted by Gasteiger charge is -2.35. The number of benzene rings is 1. The first-order valence-corrected chi connectivity index (χ1v) is 9.97. The van der Waals surface area contributed by atoms with Crippen molar-refractivity contribution >= 4 is 28.4 Å². The molecule has 0 unspecified atom stereocenters. The molecule has 146 valence electrons. The van der Waals surface area contributed by atoms with Gasteiger partial charge in [-0.1, -0.05) is 30.9 Å². The smallest absolute Gasteiger partial charge is 0.256 e. The third-order valence-corrected chi connectivity index (χ3v) is 5.58. The number of pyridine rings is 1. The molecule has 1 aromatic heterocycles. The summed E-state index contributed by atoms with van der Waals surface area (Å²) in [4.78, 5) is 22.2. The van der Waals surface area contributed by atoms with Crippen LogP contribution in [-0.4, -0.2) is 61.0 Å². The Hall–Kier alpha value is -1.85. The number of aromatic nitrogens is 1. The van der Waals surface area contributed by atoms with Crippen molar-refractivity contribution < 1.29 is 9.53 Å². The fraction of sp³-hybridized carbons (Fsp3) is 0.524. The lowest BCUT2D eigenvalue weighted by Crippen LogP contribution is -2.44. The van der Waals surface area contributed by atoms with E-state index < -0.39 is 0 Å². The number of halogens is 1. The number of nitrogens with zero attached hydrogens (tertiary/aromatic N) is 3. The van der Waals surface area contributed by atoms with Crippen LogP contribution in [0.1, 0.15) is 42.5 Å². The molecule has 0 N–H and O–H groups in total. The van der Waals surface area contributed by atoms with Crippen molar-refractivity contribution in [2.75, 3.05) is 34.3 Å². The molecule has 1 heterocycles. The zero-order valence-electron chi connectivity index (χ0n) is 16.4. The van der Waals surface area contributed by atoms with Gasteiger partial charge in [0.25, 0.3) is 5.91 Å². The zero-order chi connectivity index (χ0) is 19.4. The fourth-order valence-electron chi connectivity index (χ4n) is 3.87. The maximum absolute atomic E-state index is 13.6. The van der Waals surface area contributed by atoms with Gasteiger partial charge in [-0.25, -0.2) is 0 Å². The lowest BCUT2D eigenvalue weighted by molar-refractivity contribution is 0.0620. The summed E-state index contributed by atoms with van der Waals surface area (Å²) in [6.45, 7) is 1.53. The van der Waals surface area contributed by atoms with E-state index in [0.29, 0.717) is 28.4 Å². The molecule has 1 aliphatic carbocycles. The van der Waals surface area contributed by atoms with Crippen LogP contribution in [0.5, 0.6) is 5.75 Å². The molecular weight excluding hydrogens is 362 g/mol. The summed E-state index contributed by atoms with van der Waals surface area (Å²) >= 11 is 6.44. The highest BCUT2D eigenvalue weighted by Crippen LogP contribution is 2.36. The number of amides is 1. The molecule has 6 heteroatoms. The van der Waals surface area contributed by atoms with E-state index in [1.165, 1.54) is 19.3 Å². The summed E-state index contributed by atoms with van der Waals surface area (Å²) in [5, 5.41) is 1.21. The van der Waals surface area contributed by atoms with Gasteiger partial charge in [0.1, 0.15) is 5.75 Å². The Morgan fingerprint density at radius 3 is 2.67 bits per heavy atom. The van der Waals surface area contributed by atoms with E-state index in [-0.39, 0.29) is 11.9 Å². The number of carbonyl (C=O) groups excluding carboxylic acids is 1. The van der Waals surface area contributed by atoms with Crippen molar-refractivity contribution in [3.8, 4) is 5.75 Å². The van der Waals surface area contributed by atoms with Gasteiger partial charge in [-0.05, 0) is 45.1 Å². The molecule has 1 amide bonds. The Morgan fingerprint density at radius 2 is 2.00 bits per heavy atom. The normalized spacial score (nSPS) is 15.3. The van der Waals surface area contributed by atoms with Gasteiger partial charge in [-0.15, -0.1) is 0 Å². The molecule has 0 aliphatic heterocycles. The molecule has 1 aromatic carbocycles. The van der Waals surface area contributed by atoms with Crippen LogP contribution in [0.3, 0.4) is 0 Å². The van der Waals surface area contributed by atoms with Gasteiger partial charge in [0.05, 0.1) is 23.2 Å². The molecule has 1 saturated carbocycles. The Kier molecular flexibility index (Phi) is 6.55. The summed E-state index contributed by atoms with van der Waals surface area (Å²) in [5.74, 6) is 0.575. The van der Waals surface area contributed by atoms with Crippen LogP contribution in [0.15, 0.2) is 24.4 Å². The van der Waals surface area contributed by atoms with E-state index in [1.54, 1.807) is 19.4 Å². The van der Waals surface area contributed by atoms with E-state index in [9.17, 15) is 4.79 Å². The predicted molar refractivity (Wildman–Crippen MR) is 110 cm³/mol. The first kappa shape index (κ1) is 19.9. The number of carbonyl (C=O) groups is 1. The van der Waals surface area contributed by atoms with Crippen LogP contribution in [-0.2, 0) is 0 Å². The number of ether oxygens (including phenoxy) is 1. The minimum absolute atomic E-state index is 0.0111. The standard InChI is InChI=1S/C21H28ClN3O2/c1-24(2)12-13-25(15-8-5-4-6-9-15)21(26)17-14-18(22)20(27-3)16-10-7-11-23-19(16)17/h7,10-11,14-15H,4-6,8-9,12-13H2,1-3H3. The van der Waals surface area contributed by atoms with Crippen molar-refractivity contribution in [3.63, 3.8) is 0 Å². The number of hydrogen-bond acceptors (Lipinski definition) is 4. The Balaban J connectivity index is 2.02. The van der Waals surface area contributed by atoms with E-state index >= 15 is 0 Å². The fourth-order valence-corrected chi connectivity index (χ4v) is 4.16. The molecule has 2 aromatic rings. The van der Waals surface area contributed by atoms with Crippen LogP contribution in [0.4, 0.5) is 0 Å². The van der Waals surface area contributed by atoms with Gasteiger partial charge in [0.2, 0.25) is 0 Å². The second-order valence-corrected chi connectivity index (χ2v) is 7.84. The third-order valence-electron chi connectivity index (χ3n) is 5.29. The average Bonchev–Trinajstić information content (AvgIpc) is 2.68. The van der Waals surface area contributed by atoms with E-state index in [0.717, 1.165) is 24.8 Å². The molecule has 3 rings (SSSR count). The summed E-state index contributed by atoms with van der Waals surface area (Å²) < 4.78 is 5.45. The van der Waals surface area contributed by atoms with Crippen molar-refractivity contribution in [3.05, 3.63) is 35.0 Å². The molecule has 0 atom stereocenters. The van der Waals surface area contributed by atoms with Gasteiger partial charge in [0, 0.05) is 30.7 Å². The Morgan fingerprint density at radius 1 is 1.26 bits per heavy atom. The SMILES string of the molecule is COc1c(Cl)cc(C(=O)N(CCN(C)C)C2CCCCC2)c2ncccc12. The number of methoxy groups -OCH3 is 1. The molecule has 1 aliphatic rings. The Labute approximate surface area is 166 Å². The van der Waals surface area contributed by atoms with Gasteiger partial charge in [-0.3, -0.25) is 9.78 Å². The zero-order valence-corrected chi connectivity index (χ0v) is 17.1. The summed E-state index contributed by atoms with van der Waals surface area (Å²) in [5.41, 5.74) is 1.20. The summed E-state index contributed by atoms with van der Waals surface area (Å²) in [6, 6.07) is 5.73. The van der Waals surface area contributed by atoms with Crippen LogP contribution < -0.4 is 4.74 Å². The molecule has 1 fully saturated rings. The second kappa shape index (κ2) is 8.89. The van der Waals surface area contributed by atoms with Gasteiger partial charge < -0.3 is 14.5 Å². The van der Waals surface area contributed by atoms with Crippen LogP contribution >= 0.6 is 11.6 Å². The van der Waals surface area contributed by atoms with Crippen LogP contribution in [0.2, 0.25) is 5.02 Å².